The maximum atomic E-state index is 11.5. The summed E-state index contributed by atoms with van der Waals surface area (Å²) in [5, 5.41) is 15.9. The lowest BCUT2D eigenvalue weighted by Gasteiger charge is -2.09. The van der Waals surface area contributed by atoms with E-state index in [1.54, 1.807) is 18.3 Å². The second kappa shape index (κ2) is 7.00. The zero-order valence-electron chi connectivity index (χ0n) is 10.5. The molecule has 0 aliphatic heterocycles. The maximum absolute atomic E-state index is 11.5. The van der Waals surface area contributed by atoms with E-state index in [1.807, 2.05) is 11.4 Å². The Labute approximate surface area is 110 Å². The molecule has 0 aliphatic carbocycles. The number of aryl methyl sites for hydroxylation is 1. The van der Waals surface area contributed by atoms with Crippen molar-refractivity contribution >= 4 is 23.3 Å². The minimum atomic E-state index is -0.915. The highest BCUT2D eigenvalue weighted by Gasteiger charge is 2.12. The Morgan fingerprint density at radius 3 is 2.78 bits per heavy atom. The van der Waals surface area contributed by atoms with E-state index >= 15 is 0 Å². The monoisotopic (exact) mass is 270 g/mol. The van der Waals surface area contributed by atoms with Crippen molar-refractivity contribution in [1.82, 2.24) is 10.6 Å². The standard InChI is InChI=1S/C12H18N2O3S/c1-3-9-4-5-18-10(9)7-14-12(17)13-6-8(2)11(15)16/h4-5,8H,3,6-7H2,1-2H3,(H,15,16)(H2,13,14,17). The number of urea groups is 1. The SMILES string of the molecule is CCc1ccsc1CNC(=O)NCC(C)C(=O)O. The number of amides is 2. The Hall–Kier alpha value is -1.56. The van der Waals surface area contributed by atoms with Crippen LogP contribution in [0.1, 0.15) is 24.3 Å². The smallest absolute Gasteiger partial charge is 0.315 e. The molecule has 1 atom stereocenters. The van der Waals surface area contributed by atoms with E-state index in [2.05, 4.69) is 17.6 Å². The van der Waals surface area contributed by atoms with Crippen LogP contribution >= 0.6 is 11.3 Å². The van der Waals surface area contributed by atoms with Gasteiger partial charge >= 0.3 is 12.0 Å². The third-order valence-electron chi connectivity index (χ3n) is 2.62. The summed E-state index contributed by atoms with van der Waals surface area (Å²) in [5.41, 5.74) is 1.24. The number of aliphatic carboxylic acids is 1. The second-order valence-electron chi connectivity index (χ2n) is 4.03. The Kier molecular flexibility index (Phi) is 5.64. The number of carboxylic acid groups (broad SMARTS) is 1. The topological polar surface area (TPSA) is 78.4 Å². The molecule has 0 bridgehead atoms. The van der Waals surface area contributed by atoms with Crippen LogP contribution in [0.4, 0.5) is 4.79 Å². The molecule has 100 valence electrons. The molecule has 0 saturated carbocycles. The molecule has 18 heavy (non-hydrogen) atoms. The number of rotatable bonds is 6. The van der Waals surface area contributed by atoms with Gasteiger partial charge in [0.2, 0.25) is 0 Å². The van der Waals surface area contributed by atoms with Gasteiger partial charge < -0.3 is 15.7 Å². The van der Waals surface area contributed by atoms with E-state index in [0.717, 1.165) is 11.3 Å². The van der Waals surface area contributed by atoms with Crippen molar-refractivity contribution in [3.8, 4) is 0 Å². The van der Waals surface area contributed by atoms with Crippen molar-refractivity contribution in [2.75, 3.05) is 6.54 Å². The van der Waals surface area contributed by atoms with E-state index in [4.69, 9.17) is 5.11 Å². The summed E-state index contributed by atoms with van der Waals surface area (Å²) >= 11 is 1.61. The maximum Gasteiger partial charge on any atom is 0.315 e. The molecule has 0 aliphatic rings. The first kappa shape index (κ1) is 14.5. The molecule has 5 nitrogen and oxygen atoms in total. The van der Waals surface area contributed by atoms with Gasteiger partial charge in [-0.2, -0.15) is 0 Å². The Morgan fingerprint density at radius 2 is 2.17 bits per heavy atom. The molecule has 0 spiro atoms. The van der Waals surface area contributed by atoms with Gasteiger partial charge in [-0.15, -0.1) is 11.3 Å². The second-order valence-corrected chi connectivity index (χ2v) is 5.03. The molecule has 6 heteroatoms. The number of nitrogens with one attached hydrogen (secondary N) is 2. The molecular formula is C12H18N2O3S. The predicted octanol–water partition coefficient (Wildman–Crippen LogP) is 1.83. The molecule has 0 saturated heterocycles. The summed E-state index contributed by atoms with van der Waals surface area (Å²) in [7, 11) is 0. The van der Waals surface area contributed by atoms with Crippen LogP contribution in [0.3, 0.4) is 0 Å². The van der Waals surface area contributed by atoms with Crippen LogP contribution in [0.25, 0.3) is 0 Å². The Bertz CT molecular complexity index is 417. The van der Waals surface area contributed by atoms with Gasteiger partial charge in [0, 0.05) is 11.4 Å². The van der Waals surface area contributed by atoms with Gasteiger partial charge in [0.15, 0.2) is 0 Å². The van der Waals surface area contributed by atoms with Crippen molar-refractivity contribution in [2.24, 2.45) is 5.92 Å². The van der Waals surface area contributed by atoms with Crippen molar-refractivity contribution in [1.29, 1.82) is 0 Å². The summed E-state index contributed by atoms with van der Waals surface area (Å²) in [6.45, 7) is 4.23. The summed E-state index contributed by atoms with van der Waals surface area (Å²) in [4.78, 5) is 23.2. The molecule has 1 rings (SSSR count). The summed E-state index contributed by atoms with van der Waals surface area (Å²) < 4.78 is 0. The minimum Gasteiger partial charge on any atom is -0.481 e. The van der Waals surface area contributed by atoms with Gasteiger partial charge in [-0.25, -0.2) is 4.79 Å². The molecule has 0 fully saturated rings. The largest absolute Gasteiger partial charge is 0.481 e. The molecule has 1 heterocycles. The highest BCUT2D eigenvalue weighted by molar-refractivity contribution is 7.10. The number of carboxylic acids is 1. The van der Waals surface area contributed by atoms with Gasteiger partial charge in [-0.1, -0.05) is 13.8 Å². The van der Waals surface area contributed by atoms with Crippen molar-refractivity contribution in [2.45, 2.75) is 26.8 Å². The summed E-state index contributed by atoms with van der Waals surface area (Å²) in [6, 6.07) is 1.71. The molecule has 1 aromatic rings. The minimum absolute atomic E-state index is 0.131. The highest BCUT2D eigenvalue weighted by atomic mass is 32.1. The average Bonchev–Trinajstić information content (AvgIpc) is 2.80. The van der Waals surface area contributed by atoms with Crippen LogP contribution in [-0.4, -0.2) is 23.7 Å². The van der Waals surface area contributed by atoms with Gasteiger partial charge in [-0.05, 0) is 23.4 Å². The first-order chi connectivity index (χ1) is 8.54. The first-order valence-electron chi connectivity index (χ1n) is 5.84. The van der Waals surface area contributed by atoms with E-state index in [0.29, 0.717) is 6.54 Å². The molecule has 2 amide bonds. The normalized spacial score (nSPS) is 11.9. The van der Waals surface area contributed by atoms with Crippen LogP contribution in [-0.2, 0) is 17.8 Å². The van der Waals surface area contributed by atoms with Gasteiger partial charge in [0.05, 0.1) is 12.5 Å². The molecule has 1 aromatic heterocycles. The van der Waals surface area contributed by atoms with Crippen LogP contribution in [0.2, 0.25) is 0 Å². The van der Waals surface area contributed by atoms with Gasteiger partial charge in [-0.3, -0.25) is 4.79 Å². The van der Waals surface area contributed by atoms with E-state index in [-0.39, 0.29) is 12.6 Å². The fraction of sp³-hybridized carbons (Fsp3) is 0.500. The van der Waals surface area contributed by atoms with Crippen LogP contribution in [0, 0.1) is 5.92 Å². The lowest BCUT2D eigenvalue weighted by atomic mass is 10.2. The third kappa shape index (κ3) is 4.37. The third-order valence-corrected chi connectivity index (χ3v) is 3.58. The Balaban J connectivity index is 2.31. The van der Waals surface area contributed by atoms with E-state index in [1.165, 1.54) is 5.56 Å². The van der Waals surface area contributed by atoms with Crippen molar-refractivity contribution < 1.29 is 14.7 Å². The fourth-order valence-electron chi connectivity index (χ4n) is 1.39. The highest BCUT2D eigenvalue weighted by Crippen LogP contribution is 2.16. The average molecular weight is 270 g/mol. The van der Waals surface area contributed by atoms with Crippen LogP contribution < -0.4 is 10.6 Å². The predicted molar refractivity (Wildman–Crippen MR) is 70.7 cm³/mol. The Morgan fingerprint density at radius 1 is 1.44 bits per heavy atom. The zero-order chi connectivity index (χ0) is 13.5. The molecule has 1 unspecified atom stereocenters. The molecular weight excluding hydrogens is 252 g/mol. The molecule has 3 N–H and O–H groups in total. The first-order valence-corrected chi connectivity index (χ1v) is 6.72. The summed E-state index contributed by atoms with van der Waals surface area (Å²) in [5.74, 6) is -1.49. The number of carbonyl (C=O) groups excluding carboxylic acids is 1. The van der Waals surface area contributed by atoms with E-state index in [9.17, 15) is 9.59 Å². The number of thiophene rings is 1. The van der Waals surface area contributed by atoms with E-state index < -0.39 is 11.9 Å². The number of hydrogen-bond donors (Lipinski definition) is 3. The summed E-state index contributed by atoms with van der Waals surface area (Å²) in [6.07, 6.45) is 0.943. The number of hydrogen-bond acceptors (Lipinski definition) is 3. The van der Waals surface area contributed by atoms with Gasteiger partial charge in [0.25, 0.3) is 0 Å². The molecule has 0 aromatic carbocycles. The van der Waals surface area contributed by atoms with Crippen molar-refractivity contribution in [3.05, 3.63) is 21.9 Å². The van der Waals surface area contributed by atoms with Crippen LogP contribution in [0.15, 0.2) is 11.4 Å². The quantitative estimate of drug-likeness (QED) is 0.738. The van der Waals surface area contributed by atoms with Gasteiger partial charge in [0.1, 0.15) is 0 Å². The molecule has 0 radical (unpaired) electrons. The lowest BCUT2D eigenvalue weighted by molar-refractivity contribution is -0.140. The fourth-order valence-corrected chi connectivity index (χ4v) is 2.31. The van der Waals surface area contributed by atoms with Crippen molar-refractivity contribution in [3.63, 3.8) is 0 Å². The zero-order valence-corrected chi connectivity index (χ0v) is 11.3. The number of carbonyl (C=O) groups is 2. The lowest BCUT2D eigenvalue weighted by Crippen LogP contribution is -2.38. The van der Waals surface area contributed by atoms with Crippen LogP contribution in [0.5, 0.6) is 0 Å².